The molecule has 0 N–H and O–H groups in total. The lowest BCUT2D eigenvalue weighted by molar-refractivity contribution is -0.200. The number of hydrogen-bond acceptors (Lipinski definition) is 8. The summed E-state index contributed by atoms with van der Waals surface area (Å²) in [6.07, 6.45) is 1.49. The van der Waals surface area contributed by atoms with Gasteiger partial charge in [-0.2, -0.15) is 13.2 Å². The Morgan fingerprint density at radius 3 is 2.45 bits per heavy atom. The number of carbonyl (C=O) groups excluding carboxylic acids is 1. The molecule has 2 heterocycles. The van der Waals surface area contributed by atoms with Crippen LogP contribution >= 0.6 is 0 Å². The van der Waals surface area contributed by atoms with Crippen molar-refractivity contribution in [2.45, 2.75) is 18.0 Å². The number of ether oxygens (including phenoxy) is 1. The van der Waals surface area contributed by atoms with E-state index >= 15 is 0 Å². The zero-order valence-corrected chi connectivity index (χ0v) is 20.9. The van der Waals surface area contributed by atoms with E-state index in [-0.39, 0.29) is 20.5 Å². The van der Waals surface area contributed by atoms with Crippen LogP contribution in [0.15, 0.2) is 58.6 Å². The second-order valence-corrected chi connectivity index (χ2v) is 10.1. The standard InChI is InChI=1S/C24H19F3N4O6S/c1-14-12-30(13-28-14)19-8-4-15(10-20(19)36-2)5-9-21-29-18-11-16(38(3,34)35)6-7-17(18)22(32)31(21)37-23(33)24(25,26)27/h4-13H,1-3H3/b9-5+. The molecule has 0 amide bonds. The van der Waals surface area contributed by atoms with Gasteiger partial charge in [0.2, 0.25) is 0 Å². The number of aryl methyl sites for hydroxylation is 1. The Hall–Kier alpha value is -4.46. The van der Waals surface area contributed by atoms with Crippen molar-refractivity contribution >= 4 is 38.9 Å². The van der Waals surface area contributed by atoms with Gasteiger partial charge in [-0.05, 0) is 48.9 Å². The van der Waals surface area contributed by atoms with Gasteiger partial charge in [-0.15, -0.1) is 4.73 Å². The van der Waals surface area contributed by atoms with Gasteiger partial charge < -0.3 is 14.1 Å². The van der Waals surface area contributed by atoms with Gasteiger partial charge in [-0.3, -0.25) is 4.79 Å². The first-order chi connectivity index (χ1) is 17.8. The van der Waals surface area contributed by atoms with Gasteiger partial charge in [-0.25, -0.2) is 23.2 Å². The average Bonchev–Trinajstić information content (AvgIpc) is 3.28. The summed E-state index contributed by atoms with van der Waals surface area (Å²) < 4.78 is 69.8. The van der Waals surface area contributed by atoms with Gasteiger partial charge >= 0.3 is 12.1 Å². The number of halogens is 3. The quantitative estimate of drug-likeness (QED) is 0.361. The zero-order valence-electron chi connectivity index (χ0n) is 20.1. The van der Waals surface area contributed by atoms with Crippen molar-refractivity contribution < 1.29 is 36.0 Å². The van der Waals surface area contributed by atoms with Crippen LogP contribution < -0.4 is 15.1 Å². The molecule has 198 valence electrons. The van der Waals surface area contributed by atoms with Gasteiger partial charge in [0.15, 0.2) is 15.7 Å². The molecule has 2 aromatic heterocycles. The van der Waals surface area contributed by atoms with Crippen LogP contribution in [0.25, 0.3) is 28.7 Å². The highest BCUT2D eigenvalue weighted by atomic mass is 32.2. The largest absolute Gasteiger partial charge is 0.495 e. The van der Waals surface area contributed by atoms with Crippen LogP contribution in [-0.4, -0.2) is 53.2 Å². The van der Waals surface area contributed by atoms with E-state index in [1.807, 2.05) is 6.92 Å². The number of rotatable bonds is 6. The Balaban J connectivity index is 1.83. The molecule has 0 saturated heterocycles. The maximum Gasteiger partial charge on any atom is 0.493 e. The topological polar surface area (TPSA) is 122 Å². The van der Waals surface area contributed by atoms with Crippen molar-refractivity contribution in [2.24, 2.45) is 0 Å². The van der Waals surface area contributed by atoms with Crippen molar-refractivity contribution in [1.82, 2.24) is 19.3 Å². The zero-order chi connectivity index (χ0) is 27.8. The minimum Gasteiger partial charge on any atom is -0.495 e. The van der Waals surface area contributed by atoms with Crippen molar-refractivity contribution in [3.63, 3.8) is 0 Å². The van der Waals surface area contributed by atoms with Gasteiger partial charge in [-0.1, -0.05) is 12.1 Å². The van der Waals surface area contributed by atoms with E-state index in [4.69, 9.17) is 4.74 Å². The fourth-order valence-corrected chi connectivity index (χ4v) is 4.10. The highest BCUT2D eigenvalue weighted by Gasteiger charge is 2.42. The van der Waals surface area contributed by atoms with Crippen molar-refractivity contribution in [3.8, 4) is 11.4 Å². The van der Waals surface area contributed by atoms with E-state index in [1.165, 1.54) is 13.2 Å². The number of sulfone groups is 1. The van der Waals surface area contributed by atoms with E-state index in [2.05, 4.69) is 14.8 Å². The van der Waals surface area contributed by atoms with E-state index in [0.717, 1.165) is 36.2 Å². The van der Waals surface area contributed by atoms with E-state index in [0.29, 0.717) is 17.0 Å². The molecule has 0 aliphatic rings. The van der Waals surface area contributed by atoms with E-state index in [9.17, 15) is 31.2 Å². The summed E-state index contributed by atoms with van der Waals surface area (Å²) in [7, 11) is -2.23. The fourth-order valence-electron chi connectivity index (χ4n) is 3.46. The summed E-state index contributed by atoms with van der Waals surface area (Å²) >= 11 is 0. The van der Waals surface area contributed by atoms with Crippen LogP contribution in [0.2, 0.25) is 0 Å². The molecule has 0 aliphatic heterocycles. The summed E-state index contributed by atoms with van der Waals surface area (Å²) in [6, 6.07) is 8.27. The first-order valence-corrected chi connectivity index (χ1v) is 12.6. The second-order valence-electron chi connectivity index (χ2n) is 8.08. The lowest BCUT2D eigenvalue weighted by atomic mass is 10.1. The highest BCUT2D eigenvalue weighted by Crippen LogP contribution is 2.26. The number of hydrogen-bond donors (Lipinski definition) is 0. The van der Waals surface area contributed by atoms with Gasteiger partial charge in [0.25, 0.3) is 5.56 Å². The van der Waals surface area contributed by atoms with Crippen molar-refractivity contribution in [3.05, 3.63) is 76.4 Å². The lowest BCUT2D eigenvalue weighted by Crippen LogP contribution is -2.39. The summed E-state index contributed by atoms with van der Waals surface area (Å²) in [5.74, 6) is -2.68. The summed E-state index contributed by atoms with van der Waals surface area (Å²) in [6.45, 7) is 1.82. The molecule has 10 nitrogen and oxygen atoms in total. The maximum atomic E-state index is 13.0. The molecule has 4 aromatic rings. The molecule has 0 fully saturated rings. The fraction of sp³-hybridized carbons (Fsp3) is 0.167. The van der Waals surface area contributed by atoms with Crippen LogP contribution in [0.4, 0.5) is 13.2 Å². The van der Waals surface area contributed by atoms with Gasteiger partial charge in [0.05, 0.1) is 40.6 Å². The smallest absolute Gasteiger partial charge is 0.493 e. The number of benzene rings is 2. The number of nitrogens with zero attached hydrogens (tertiary/aromatic N) is 4. The van der Waals surface area contributed by atoms with Crippen molar-refractivity contribution in [1.29, 1.82) is 0 Å². The number of aromatic nitrogens is 4. The molecule has 0 radical (unpaired) electrons. The minimum atomic E-state index is -5.38. The Kier molecular flexibility index (Phi) is 6.84. The average molecular weight is 548 g/mol. The van der Waals surface area contributed by atoms with Crippen LogP contribution in [0.5, 0.6) is 5.75 Å². The molecule has 0 aliphatic carbocycles. The molecule has 0 saturated carbocycles. The maximum absolute atomic E-state index is 13.0. The predicted molar refractivity (Wildman–Crippen MR) is 131 cm³/mol. The monoisotopic (exact) mass is 548 g/mol. The van der Waals surface area contributed by atoms with Crippen LogP contribution in [0.3, 0.4) is 0 Å². The van der Waals surface area contributed by atoms with Crippen LogP contribution in [0.1, 0.15) is 17.1 Å². The molecule has 0 spiro atoms. The Morgan fingerprint density at radius 1 is 1.11 bits per heavy atom. The molecule has 0 bridgehead atoms. The summed E-state index contributed by atoms with van der Waals surface area (Å²) in [5, 5.41) is -0.258. The van der Waals surface area contributed by atoms with Gasteiger partial charge in [0, 0.05) is 12.5 Å². The molecular weight excluding hydrogens is 529 g/mol. The molecule has 2 aromatic carbocycles. The van der Waals surface area contributed by atoms with Gasteiger partial charge in [0.1, 0.15) is 5.75 Å². The van der Waals surface area contributed by atoms with E-state index in [1.54, 1.807) is 35.3 Å². The number of fused-ring (bicyclic) bond motifs is 1. The highest BCUT2D eigenvalue weighted by molar-refractivity contribution is 7.90. The summed E-state index contributed by atoms with van der Waals surface area (Å²) in [5.41, 5.74) is 0.675. The Labute approximate surface area is 213 Å². The lowest BCUT2D eigenvalue weighted by Gasteiger charge is -2.12. The third kappa shape index (κ3) is 5.44. The third-order valence-electron chi connectivity index (χ3n) is 5.28. The molecule has 0 unspecified atom stereocenters. The third-order valence-corrected chi connectivity index (χ3v) is 6.39. The van der Waals surface area contributed by atoms with Crippen LogP contribution in [0, 0.1) is 6.92 Å². The molecule has 4 rings (SSSR count). The molecular formula is C24H19F3N4O6S. The predicted octanol–water partition coefficient (Wildman–Crippen LogP) is 2.99. The first kappa shape index (κ1) is 26.6. The number of carbonyl (C=O) groups is 1. The second kappa shape index (κ2) is 9.78. The van der Waals surface area contributed by atoms with E-state index < -0.39 is 33.4 Å². The number of imidazole rings is 1. The SMILES string of the molecule is COc1cc(/C=C/c2nc3cc(S(C)(=O)=O)ccc3c(=O)n2OC(=O)C(F)(F)F)ccc1-n1cnc(C)c1. The molecule has 14 heteroatoms. The Bertz CT molecular complexity index is 1760. The van der Waals surface area contributed by atoms with Crippen LogP contribution in [-0.2, 0) is 14.6 Å². The molecule has 0 atom stereocenters. The first-order valence-electron chi connectivity index (χ1n) is 10.7. The Morgan fingerprint density at radius 2 is 1.84 bits per heavy atom. The minimum absolute atomic E-state index is 0.106. The summed E-state index contributed by atoms with van der Waals surface area (Å²) in [4.78, 5) is 36.9. The van der Waals surface area contributed by atoms with Crippen molar-refractivity contribution in [2.75, 3.05) is 13.4 Å². The normalized spacial score (nSPS) is 12.3. The number of methoxy groups -OCH3 is 1. The number of alkyl halides is 3. The molecule has 38 heavy (non-hydrogen) atoms.